The third-order valence-electron chi connectivity index (χ3n) is 3.49. The number of thiazole rings is 1. The molecular formula is C14H18N4S. The van der Waals surface area contributed by atoms with Gasteiger partial charge in [-0.1, -0.05) is 0 Å². The van der Waals surface area contributed by atoms with Gasteiger partial charge < -0.3 is 4.90 Å². The van der Waals surface area contributed by atoms with Crippen LogP contribution in [0.15, 0.2) is 11.6 Å². The van der Waals surface area contributed by atoms with Crippen molar-refractivity contribution < 1.29 is 0 Å². The van der Waals surface area contributed by atoms with Gasteiger partial charge >= 0.3 is 0 Å². The fourth-order valence-corrected chi connectivity index (χ4v) is 3.29. The Labute approximate surface area is 117 Å². The Kier molecular flexibility index (Phi) is 3.46. The van der Waals surface area contributed by atoms with E-state index < -0.39 is 0 Å². The first-order valence-corrected chi connectivity index (χ1v) is 7.58. The number of anilines is 1. The van der Waals surface area contributed by atoms with E-state index in [0.29, 0.717) is 0 Å². The van der Waals surface area contributed by atoms with Crippen molar-refractivity contribution in [1.29, 1.82) is 0 Å². The monoisotopic (exact) mass is 274 g/mol. The summed E-state index contributed by atoms with van der Waals surface area (Å²) in [5.41, 5.74) is 2.59. The van der Waals surface area contributed by atoms with Gasteiger partial charge in [0.15, 0.2) is 0 Å². The normalized spacial score (nSPS) is 14.2. The second kappa shape index (κ2) is 5.25. The molecule has 5 heteroatoms. The van der Waals surface area contributed by atoms with Crippen LogP contribution in [0.2, 0.25) is 0 Å². The fourth-order valence-electron chi connectivity index (χ4n) is 2.62. The molecule has 4 nitrogen and oxygen atoms in total. The van der Waals surface area contributed by atoms with E-state index in [-0.39, 0.29) is 0 Å². The Balaban J connectivity index is 1.92. The lowest BCUT2D eigenvalue weighted by atomic mass is 9.96. The molecule has 0 radical (unpaired) electrons. The van der Waals surface area contributed by atoms with Gasteiger partial charge in [0.2, 0.25) is 0 Å². The highest BCUT2D eigenvalue weighted by Crippen LogP contribution is 2.28. The smallest absolute Gasteiger partial charge is 0.135 e. The third kappa shape index (κ3) is 2.61. The highest BCUT2D eigenvalue weighted by molar-refractivity contribution is 7.09. The Hall–Kier alpha value is -1.49. The average molecular weight is 274 g/mol. The van der Waals surface area contributed by atoms with Crippen LogP contribution in [-0.2, 0) is 19.4 Å². The molecule has 1 aliphatic rings. The molecule has 0 fully saturated rings. The summed E-state index contributed by atoms with van der Waals surface area (Å²) in [6.45, 7) is 2.80. The van der Waals surface area contributed by atoms with Crippen molar-refractivity contribution in [2.24, 2.45) is 0 Å². The zero-order valence-electron chi connectivity index (χ0n) is 11.4. The summed E-state index contributed by atoms with van der Waals surface area (Å²) in [6, 6.07) is 0. The van der Waals surface area contributed by atoms with Crippen molar-refractivity contribution in [2.45, 2.75) is 39.2 Å². The van der Waals surface area contributed by atoms with Gasteiger partial charge in [-0.2, -0.15) is 0 Å². The first-order chi connectivity index (χ1) is 9.24. The van der Waals surface area contributed by atoms with Crippen LogP contribution >= 0.6 is 11.3 Å². The van der Waals surface area contributed by atoms with Gasteiger partial charge in [0.1, 0.15) is 16.6 Å². The Bertz CT molecular complexity index is 565. The van der Waals surface area contributed by atoms with E-state index in [1.807, 2.05) is 18.5 Å². The van der Waals surface area contributed by atoms with E-state index in [1.54, 1.807) is 11.3 Å². The summed E-state index contributed by atoms with van der Waals surface area (Å²) in [5, 5.41) is 3.15. The van der Waals surface area contributed by atoms with Gasteiger partial charge in [-0.3, -0.25) is 0 Å². The standard InChI is InChI=1S/C14H18N4S/c1-10-16-12-6-4-3-5-11(12)14(17-10)18(2)9-13-15-7-8-19-13/h7-8H,3-6,9H2,1-2H3. The zero-order chi connectivity index (χ0) is 13.2. The Morgan fingerprint density at radius 3 is 2.89 bits per heavy atom. The molecule has 2 heterocycles. The average Bonchev–Trinajstić information content (AvgIpc) is 2.90. The van der Waals surface area contributed by atoms with E-state index in [4.69, 9.17) is 0 Å². The van der Waals surface area contributed by atoms with E-state index in [2.05, 4.69) is 26.9 Å². The van der Waals surface area contributed by atoms with Crippen LogP contribution < -0.4 is 4.90 Å². The minimum atomic E-state index is 0.820. The zero-order valence-corrected chi connectivity index (χ0v) is 12.2. The molecular weight excluding hydrogens is 256 g/mol. The second-order valence-electron chi connectivity index (χ2n) is 5.01. The lowest BCUT2D eigenvalue weighted by Gasteiger charge is -2.24. The van der Waals surface area contributed by atoms with E-state index >= 15 is 0 Å². The molecule has 0 bridgehead atoms. The van der Waals surface area contributed by atoms with Crippen molar-refractivity contribution in [3.8, 4) is 0 Å². The van der Waals surface area contributed by atoms with E-state index in [9.17, 15) is 0 Å². The van der Waals surface area contributed by atoms with Crippen molar-refractivity contribution in [2.75, 3.05) is 11.9 Å². The van der Waals surface area contributed by atoms with Crippen LogP contribution in [0.3, 0.4) is 0 Å². The molecule has 0 saturated carbocycles. The maximum absolute atomic E-state index is 4.66. The lowest BCUT2D eigenvalue weighted by molar-refractivity contribution is 0.653. The number of nitrogens with zero attached hydrogens (tertiary/aromatic N) is 4. The summed E-state index contributed by atoms with van der Waals surface area (Å²) in [7, 11) is 2.10. The fraction of sp³-hybridized carbons (Fsp3) is 0.500. The van der Waals surface area contributed by atoms with Crippen molar-refractivity contribution in [3.63, 3.8) is 0 Å². The maximum atomic E-state index is 4.66. The van der Waals surface area contributed by atoms with Gasteiger partial charge in [-0.25, -0.2) is 15.0 Å². The minimum Gasteiger partial charge on any atom is -0.353 e. The summed E-state index contributed by atoms with van der Waals surface area (Å²) in [5.74, 6) is 1.97. The Morgan fingerprint density at radius 1 is 1.26 bits per heavy atom. The van der Waals surface area contributed by atoms with E-state index in [0.717, 1.165) is 36.0 Å². The third-order valence-corrected chi connectivity index (χ3v) is 4.25. The molecule has 0 saturated heterocycles. The summed E-state index contributed by atoms with van der Waals surface area (Å²) in [4.78, 5) is 15.8. The van der Waals surface area contributed by atoms with Crippen LogP contribution in [0, 0.1) is 6.92 Å². The number of fused-ring (bicyclic) bond motifs is 1. The van der Waals surface area contributed by atoms with Crippen LogP contribution in [0.1, 0.15) is 34.9 Å². The molecule has 2 aromatic rings. The van der Waals surface area contributed by atoms with Crippen LogP contribution in [0.5, 0.6) is 0 Å². The molecule has 0 aromatic carbocycles. The first kappa shape index (κ1) is 12.5. The number of aromatic nitrogens is 3. The number of hydrogen-bond donors (Lipinski definition) is 0. The van der Waals surface area contributed by atoms with Crippen LogP contribution in [0.4, 0.5) is 5.82 Å². The number of aryl methyl sites for hydroxylation is 2. The largest absolute Gasteiger partial charge is 0.353 e. The minimum absolute atomic E-state index is 0.820. The summed E-state index contributed by atoms with van der Waals surface area (Å²) >= 11 is 1.69. The molecule has 1 aliphatic carbocycles. The quantitative estimate of drug-likeness (QED) is 0.863. The predicted molar refractivity (Wildman–Crippen MR) is 77.6 cm³/mol. The van der Waals surface area contributed by atoms with Crippen LogP contribution in [-0.4, -0.2) is 22.0 Å². The highest BCUT2D eigenvalue weighted by atomic mass is 32.1. The summed E-state index contributed by atoms with van der Waals surface area (Å²) in [6.07, 6.45) is 6.55. The number of rotatable bonds is 3. The second-order valence-corrected chi connectivity index (χ2v) is 5.99. The highest BCUT2D eigenvalue weighted by Gasteiger charge is 2.19. The number of hydrogen-bond acceptors (Lipinski definition) is 5. The molecule has 0 atom stereocenters. The molecule has 3 rings (SSSR count). The molecule has 0 amide bonds. The Morgan fingerprint density at radius 2 is 2.11 bits per heavy atom. The molecule has 19 heavy (non-hydrogen) atoms. The van der Waals surface area contributed by atoms with Gasteiger partial charge in [0, 0.05) is 29.9 Å². The topological polar surface area (TPSA) is 41.9 Å². The van der Waals surface area contributed by atoms with Crippen molar-refractivity contribution in [3.05, 3.63) is 33.7 Å². The predicted octanol–water partition coefficient (Wildman–Crippen LogP) is 2.76. The molecule has 0 N–H and O–H groups in total. The molecule has 0 aliphatic heterocycles. The lowest BCUT2D eigenvalue weighted by Crippen LogP contribution is -2.22. The van der Waals surface area contributed by atoms with Gasteiger partial charge in [0.25, 0.3) is 0 Å². The first-order valence-electron chi connectivity index (χ1n) is 6.70. The van der Waals surface area contributed by atoms with Crippen molar-refractivity contribution >= 4 is 17.2 Å². The van der Waals surface area contributed by atoms with Gasteiger partial charge in [-0.05, 0) is 32.6 Å². The molecule has 0 unspecified atom stereocenters. The molecule has 2 aromatic heterocycles. The summed E-state index contributed by atoms with van der Waals surface area (Å²) < 4.78 is 0. The van der Waals surface area contributed by atoms with Crippen LogP contribution in [0.25, 0.3) is 0 Å². The van der Waals surface area contributed by atoms with Crippen molar-refractivity contribution in [1.82, 2.24) is 15.0 Å². The van der Waals surface area contributed by atoms with Gasteiger partial charge in [-0.15, -0.1) is 11.3 Å². The van der Waals surface area contributed by atoms with E-state index in [1.165, 1.54) is 24.1 Å². The van der Waals surface area contributed by atoms with Gasteiger partial charge in [0.05, 0.1) is 6.54 Å². The molecule has 100 valence electrons. The maximum Gasteiger partial charge on any atom is 0.135 e. The SMILES string of the molecule is Cc1nc2c(c(N(C)Cc3nccs3)n1)CCCC2. The molecule has 0 spiro atoms.